The first kappa shape index (κ1) is 20.6. The van der Waals surface area contributed by atoms with Gasteiger partial charge in [0.2, 0.25) is 10.0 Å². The zero-order chi connectivity index (χ0) is 21.6. The van der Waals surface area contributed by atoms with Crippen LogP contribution in [0.25, 0.3) is 0 Å². The van der Waals surface area contributed by atoms with Crippen LogP contribution in [0.4, 0.5) is 11.4 Å². The molecule has 1 amide bonds. The molecule has 164 valence electrons. The van der Waals surface area contributed by atoms with Gasteiger partial charge in [0.1, 0.15) is 0 Å². The predicted octanol–water partition coefficient (Wildman–Crippen LogP) is 4.62. The van der Waals surface area contributed by atoms with Crippen molar-refractivity contribution in [3.05, 3.63) is 59.7 Å². The lowest BCUT2D eigenvalue weighted by Crippen LogP contribution is -2.43. The second-order valence-corrected chi connectivity index (χ2v) is 11.2. The van der Waals surface area contributed by atoms with Crippen molar-refractivity contribution in [1.29, 1.82) is 0 Å². The Bertz CT molecular complexity index is 1100. The molecule has 3 aliphatic rings. The standard InChI is InChI=1S/C25H30N2O3S/c1-2-18-6-3-9-23(15-18)27(24-16-19-10-11-20(24)14-19)25(28)21-7-4-8-22(17-21)26-12-5-13-31(26,29)30/h3-4,6-9,15,17,19-20,24H,2,5,10-14,16H2,1H3/t19-,20-,24+/m0/s1. The molecule has 2 aliphatic carbocycles. The molecular weight excluding hydrogens is 408 g/mol. The Labute approximate surface area is 185 Å². The first-order valence-corrected chi connectivity index (χ1v) is 13.1. The number of carbonyl (C=O) groups is 1. The molecule has 6 heteroatoms. The van der Waals surface area contributed by atoms with Crippen molar-refractivity contribution in [3.63, 3.8) is 0 Å². The highest BCUT2D eigenvalue weighted by atomic mass is 32.2. The molecule has 0 radical (unpaired) electrons. The van der Waals surface area contributed by atoms with Gasteiger partial charge in [0, 0.05) is 23.8 Å². The smallest absolute Gasteiger partial charge is 0.258 e. The van der Waals surface area contributed by atoms with Gasteiger partial charge in [-0.15, -0.1) is 0 Å². The summed E-state index contributed by atoms with van der Waals surface area (Å²) in [6, 6.07) is 15.7. The fourth-order valence-corrected chi connectivity index (χ4v) is 7.33. The number of hydrogen-bond donors (Lipinski definition) is 0. The maximum atomic E-state index is 13.9. The highest BCUT2D eigenvalue weighted by molar-refractivity contribution is 7.93. The van der Waals surface area contributed by atoms with E-state index in [2.05, 4.69) is 19.1 Å². The Morgan fingerprint density at radius 1 is 1.10 bits per heavy atom. The molecule has 2 aromatic rings. The molecule has 1 saturated heterocycles. The van der Waals surface area contributed by atoms with Crippen molar-refractivity contribution in [2.75, 3.05) is 21.5 Å². The third-order valence-corrected chi connectivity index (χ3v) is 9.20. The summed E-state index contributed by atoms with van der Waals surface area (Å²) in [4.78, 5) is 15.9. The van der Waals surface area contributed by atoms with Gasteiger partial charge in [-0.3, -0.25) is 9.10 Å². The molecule has 0 aromatic heterocycles. The normalized spacial score (nSPS) is 26.4. The number of nitrogens with zero attached hydrogens (tertiary/aromatic N) is 2. The number of amides is 1. The molecule has 2 saturated carbocycles. The molecule has 5 nitrogen and oxygen atoms in total. The molecule has 31 heavy (non-hydrogen) atoms. The minimum atomic E-state index is -3.28. The quantitative estimate of drug-likeness (QED) is 0.684. The van der Waals surface area contributed by atoms with Crippen molar-refractivity contribution in [2.45, 2.75) is 51.5 Å². The lowest BCUT2D eigenvalue weighted by molar-refractivity contribution is 0.0967. The summed E-state index contributed by atoms with van der Waals surface area (Å²) >= 11 is 0. The summed E-state index contributed by atoms with van der Waals surface area (Å²) < 4.78 is 26.2. The number of benzene rings is 2. The minimum absolute atomic E-state index is 0.0238. The van der Waals surface area contributed by atoms with Crippen LogP contribution in [0.1, 0.15) is 54.9 Å². The molecule has 3 fully saturated rings. The van der Waals surface area contributed by atoms with E-state index in [1.807, 2.05) is 23.1 Å². The van der Waals surface area contributed by atoms with Crippen molar-refractivity contribution in [1.82, 2.24) is 0 Å². The van der Waals surface area contributed by atoms with Crippen molar-refractivity contribution < 1.29 is 13.2 Å². The van der Waals surface area contributed by atoms with Crippen LogP contribution in [0.3, 0.4) is 0 Å². The highest BCUT2D eigenvalue weighted by Gasteiger charge is 2.44. The van der Waals surface area contributed by atoms with Gasteiger partial charge in [0.05, 0.1) is 11.4 Å². The third kappa shape index (κ3) is 3.75. The van der Waals surface area contributed by atoms with Crippen LogP contribution in [0.5, 0.6) is 0 Å². The molecular formula is C25H30N2O3S. The molecule has 2 bridgehead atoms. The molecule has 3 atom stereocenters. The summed E-state index contributed by atoms with van der Waals surface area (Å²) in [5, 5.41) is 0. The van der Waals surface area contributed by atoms with Crippen LogP contribution >= 0.6 is 0 Å². The zero-order valence-corrected chi connectivity index (χ0v) is 18.9. The van der Waals surface area contributed by atoms with Crippen LogP contribution in [-0.4, -0.2) is 32.7 Å². The van der Waals surface area contributed by atoms with Crippen molar-refractivity contribution in [2.24, 2.45) is 11.8 Å². The van der Waals surface area contributed by atoms with Crippen LogP contribution in [0.2, 0.25) is 0 Å². The Morgan fingerprint density at radius 3 is 2.61 bits per heavy atom. The van der Waals surface area contributed by atoms with Gasteiger partial charge < -0.3 is 4.90 Å². The van der Waals surface area contributed by atoms with E-state index < -0.39 is 10.0 Å². The van der Waals surface area contributed by atoms with E-state index in [0.717, 1.165) is 24.4 Å². The molecule has 1 aliphatic heterocycles. The molecule has 2 aromatic carbocycles. The lowest BCUT2D eigenvalue weighted by atomic mass is 9.92. The largest absolute Gasteiger partial charge is 0.305 e. The average Bonchev–Trinajstić information content (AvgIpc) is 3.49. The summed E-state index contributed by atoms with van der Waals surface area (Å²) in [6.45, 7) is 2.61. The molecule has 1 heterocycles. The van der Waals surface area contributed by atoms with E-state index in [9.17, 15) is 13.2 Å². The van der Waals surface area contributed by atoms with Crippen molar-refractivity contribution in [3.8, 4) is 0 Å². The van der Waals surface area contributed by atoms with Gasteiger partial charge in [-0.25, -0.2) is 8.42 Å². The van der Waals surface area contributed by atoms with E-state index in [1.54, 1.807) is 18.2 Å². The first-order valence-electron chi connectivity index (χ1n) is 11.5. The monoisotopic (exact) mass is 438 g/mol. The van der Waals surface area contributed by atoms with Gasteiger partial charge in [0.25, 0.3) is 5.91 Å². The maximum absolute atomic E-state index is 13.9. The molecule has 0 unspecified atom stereocenters. The molecule has 0 N–H and O–H groups in total. The number of fused-ring (bicyclic) bond motifs is 2. The summed E-state index contributed by atoms with van der Waals surface area (Å²) in [5.74, 6) is 1.43. The summed E-state index contributed by atoms with van der Waals surface area (Å²) in [5.41, 5.74) is 3.33. The van der Waals surface area contributed by atoms with Crippen molar-refractivity contribution >= 4 is 27.3 Å². The van der Waals surface area contributed by atoms with Crippen LogP contribution in [-0.2, 0) is 16.4 Å². The second-order valence-electron chi connectivity index (χ2n) is 9.23. The topological polar surface area (TPSA) is 57.7 Å². The molecule has 5 rings (SSSR count). The Kier molecular flexibility index (Phi) is 5.29. The molecule has 0 spiro atoms. The predicted molar refractivity (Wildman–Crippen MR) is 124 cm³/mol. The Balaban J connectivity index is 1.52. The zero-order valence-electron chi connectivity index (χ0n) is 18.0. The van der Waals surface area contributed by atoms with Gasteiger partial charge in [0.15, 0.2) is 0 Å². The fraction of sp³-hybridized carbons (Fsp3) is 0.480. The Morgan fingerprint density at radius 2 is 1.94 bits per heavy atom. The summed E-state index contributed by atoms with van der Waals surface area (Å²) in [7, 11) is -3.28. The van der Waals surface area contributed by atoms with E-state index in [-0.39, 0.29) is 17.7 Å². The number of aryl methyl sites for hydroxylation is 1. The van der Waals surface area contributed by atoms with E-state index in [4.69, 9.17) is 0 Å². The maximum Gasteiger partial charge on any atom is 0.258 e. The number of anilines is 2. The number of rotatable bonds is 5. The van der Waals surface area contributed by atoms with Crippen LogP contribution in [0, 0.1) is 11.8 Å². The number of carbonyl (C=O) groups excluding carboxylic acids is 1. The second kappa shape index (κ2) is 7.97. The van der Waals surface area contributed by atoms with Gasteiger partial charge in [-0.1, -0.05) is 31.5 Å². The van der Waals surface area contributed by atoms with E-state index in [0.29, 0.717) is 30.1 Å². The fourth-order valence-electron chi connectivity index (χ4n) is 5.78. The number of sulfonamides is 1. The van der Waals surface area contributed by atoms with Gasteiger partial charge >= 0.3 is 0 Å². The van der Waals surface area contributed by atoms with Gasteiger partial charge in [-0.2, -0.15) is 0 Å². The SMILES string of the molecule is CCc1cccc(N(C(=O)c2cccc(N3CCCS3(=O)=O)c2)[C@@H]2C[C@H]3CC[C@H]2C3)c1. The third-order valence-electron chi connectivity index (χ3n) is 7.33. The van der Waals surface area contributed by atoms with E-state index >= 15 is 0 Å². The highest BCUT2D eigenvalue weighted by Crippen LogP contribution is 2.48. The van der Waals surface area contributed by atoms with Gasteiger partial charge in [-0.05, 0) is 79.8 Å². The lowest BCUT2D eigenvalue weighted by Gasteiger charge is -2.35. The van der Waals surface area contributed by atoms with Crippen LogP contribution in [0.15, 0.2) is 48.5 Å². The van der Waals surface area contributed by atoms with Crippen LogP contribution < -0.4 is 9.21 Å². The Hall–Kier alpha value is -2.34. The first-order chi connectivity index (χ1) is 15.0. The average molecular weight is 439 g/mol. The minimum Gasteiger partial charge on any atom is -0.305 e. The van der Waals surface area contributed by atoms with E-state index in [1.165, 1.54) is 29.1 Å². The summed E-state index contributed by atoms with van der Waals surface area (Å²) in [6.07, 6.45) is 6.30. The number of hydrogen-bond acceptors (Lipinski definition) is 3.